The van der Waals surface area contributed by atoms with Crippen molar-refractivity contribution in [3.8, 4) is 0 Å². The van der Waals surface area contributed by atoms with E-state index in [-0.39, 0.29) is 18.2 Å². The zero-order valence-corrected chi connectivity index (χ0v) is 13.7. The van der Waals surface area contributed by atoms with Gasteiger partial charge in [0.15, 0.2) is 0 Å². The maximum absolute atomic E-state index is 12.1. The minimum absolute atomic E-state index is 0.131. The van der Waals surface area contributed by atoms with Crippen LogP contribution in [0.4, 0.5) is 5.82 Å². The van der Waals surface area contributed by atoms with Crippen LogP contribution in [0.5, 0.6) is 0 Å². The number of nitrogens with one attached hydrogen (secondary N) is 2. The van der Waals surface area contributed by atoms with E-state index in [1.54, 1.807) is 24.4 Å². The van der Waals surface area contributed by atoms with Gasteiger partial charge in [0, 0.05) is 24.6 Å². The summed E-state index contributed by atoms with van der Waals surface area (Å²) in [4.78, 5) is 24.0. The molecule has 126 valence electrons. The molecule has 0 radical (unpaired) electrons. The fourth-order valence-electron chi connectivity index (χ4n) is 2.70. The Morgan fingerprint density at radius 3 is 2.71 bits per heavy atom. The van der Waals surface area contributed by atoms with Crippen molar-refractivity contribution < 1.29 is 9.59 Å². The van der Waals surface area contributed by atoms with Crippen molar-refractivity contribution in [2.24, 2.45) is 5.92 Å². The normalized spacial score (nSPS) is 14.9. The number of aromatic nitrogens is 2. The second-order valence-electron chi connectivity index (χ2n) is 6.16. The van der Waals surface area contributed by atoms with E-state index in [2.05, 4.69) is 22.7 Å². The Labute approximate surface area is 141 Å². The van der Waals surface area contributed by atoms with E-state index in [1.165, 1.54) is 12.8 Å². The summed E-state index contributed by atoms with van der Waals surface area (Å²) in [6.07, 6.45) is 4.37. The highest BCUT2D eigenvalue weighted by Crippen LogP contribution is 2.40. The third-order valence-electron chi connectivity index (χ3n) is 4.30. The van der Waals surface area contributed by atoms with Crippen LogP contribution in [0.2, 0.25) is 0 Å². The molecule has 1 unspecified atom stereocenters. The third-order valence-corrected chi connectivity index (χ3v) is 4.30. The predicted molar refractivity (Wildman–Crippen MR) is 91.7 cm³/mol. The monoisotopic (exact) mass is 326 g/mol. The van der Waals surface area contributed by atoms with Crippen LogP contribution in [0, 0.1) is 5.92 Å². The first kappa shape index (κ1) is 16.2. The second-order valence-corrected chi connectivity index (χ2v) is 6.16. The molecule has 0 bridgehead atoms. The molecule has 2 amide bonds. The lowest BCUT2D eigenvalue weighted by atomic mass is 10.2. The predicted octanol–water partition coefficient (Wildman–Crippen LogP) is 2.61. The highest BCUT2D eigenvalue weighted by Gasteiger charge is 2.30. The van der Waals surface area contributed by atoms with Crippen molar-refractivity contribution in [2.75, 3.05) is 11.9 Å². The van der Waals surface area contributed by atoms with Crippen LogP contribution >= 0.6 is 0 Å². The van der Waals surface area contributed by atoms with Gasteiger partial charge in [-0.3, -0.25) is 9.59 Å². The average molecular weight is 326 g/mol. The van der Waals surface area contributed by atoms with Gasteiger partial charge < -0.3 is 10.6 Å². The van der Waals surface area contributed by atoms with Gasteiger partial charge in [0.05, 0.1) is 12.2 Å². The van der Waals surface area contributed by atoms with Crippen LogP contribution in [0.15, 0.2) is 42.6 Å². The molecule has 1 fully saturated rings. The molecule has 2 N–H and O–H groups in total. The molecule has 1 aliphatic carbocycles. The summed E-state index contributed by atoms with van der Waals surface area (Å²) in [6, 6.07) is 11.1. The number of anilines is 1. The summed E-state index contributed by atoms with van der Waals surface area (Å²) in [7, 11) is 0. The lowest BCUT2D eigenvalue weighted by molar-refractivity contribution is -0.116. The van der Waals surface area contributed by atoms with Gasteiger partial charge in [-0.05, 0) is 37.8 Å². The summed E-state index contributed by atoms with van der Waals surface area (Å²) in [5, 5.41) is 9.94. The summed E-state index contributed by atoms with van der Waals surface area (Å²) < 4.78 is 1.87. The molecule has 1 aliphatic rings. The number of carbonyl (C=O) groups is 2. The largest absolute Gasteiger partial charge is 0.352 e. The fraction of sp³-hybridized carbons (Fsp3) is 0.389. The third kappa shape index (κ3) is 4.01. The van der Waals surface area contributed by atoms with Gasteiger partial charge in [-0.2, -0.15) is 5.10 Å². The molecule has 6 heteroatoms. The molecule has 6 nitrogen and oxygen atoms in total. The van der Waals surface area contributed by atoms with E-state index >= 15 is 0 Å². The number of carbonyl (C=O) groups excluding carboxylic acids is 2. The van der Waals surface area contributed by atoms with E-state index < -0.39 is 0 Å². The molecule has 1 saturated carbocycles. The second kappa shape index (κ2) is 7.29. The van der Waals surface area contributed by atoms with Gasteiger partial charge in [-0.15, -0.1) is 0 Å². The molecule has 0 aliphatic heterocycles. The van der Waals surface area contributed by atoms with Crippen molar-refractivity contribution in [3.05, 3.63) is 48.2 Å². The smallest absolute Gasteiger partial charge is 0.251 e. The first-order chi connectivity index (χ1) is 11.6. The Morgan fingerprint density at radius 2 is 2.00 bits per heavy atom. The van der Waals surface area contributed by atoms with Gasteiger partial charge in [-0.1, -0.05) is 18.2 Å². The lowest BCUT2D eigenvalue weighted by Crippen LogP contribution is -2.28. The van der Waals surface area contributed by atoms with Crippen molar-refractivity contribution in [1.29, 1.82) is 0 Å². The Bertz CT molecular complexity index is 707. The topological polar surface area (TPSA) is 76.0 Å². The van der Waals surface area contributed by atoms with Crippen LogP contribution in [0.3, 0.4) is 0 Å². The molecule has 3 rings (SSSR count). The molecular formula is C18H22N4O2. The SMILES string of the molecule is CC(C1CC1)n1nccc1NC(=O)CCNC(=O)c1ccccc1. The minimum atomic E-state index is -0.171. The number of benzene rings is 1. The number of hydrogen-bond donors (Lipinski definition) is 2. The molecule has 2 aromatic rings. The fourth-order valence-corrected chi connectivity index (χ4v) is 2.70. The van der Waals surface area contributed by atoms with E-state index in [1.807, 2.05) is 22.9 Å². The summed E-state index contributed by atoms with van der Waals surface area (Å²) in [5.41, 5.74) is 0.592. The summed E-state index contributed by atoms with van der Waals surface area (Å²) in [5.74, 6) is 1.07. The Hall–Kier alpha value is -2.63. The Kier molecular flexibility index (Phi) is 4.93. The van der Waals surface area contributed by atoms with E-state index in [9.17, 15) is 9.59 Å². The highest BCUT2D eigenvalue weighted by molar-refractivity contribution is 5.95. The van der Waals surface area contributed by atoms with Crippen LogP contribution in [0.1, 0.15) is 42.6 Å². The molecule has 1 aromatic heterocycles. The number of rotatable bonds is 7. The molecular weight excluding hydrogens is 304 g/mol. The zero-order chi connectivity index (χ0) is 16.9. The molecule has 1 heterocycles. The maximum atomic E-state index is 12.1. The van der Waals surface area contributed by atoms with Crippen molar-refractivity contribution >= 4 is 17.6 Å². The van der Waals surface area contributed by atoms with Crippen LogP contribution in [-0.2, 0) is 4.79 Å². The van der Waals surface area contributed by atoms with Crippen molar-refractivity contribution in [3.63, 3.8) is 0 Å². The van der Waals surface area contributed by atoms with E-state index in [4.69, 9.17) is 0 Å². The molecule has 1 aromatic carbocycles. The van der Waals surface area contributed by atoms with Crippen LogP contribution in [0.25, 0.3) is 0 Å². The lowest BCUT2D eigenvalue weighted by Gasteiger charge is -2.15. The van der Waals surface area contributed by atoms with Gasteiger partial charge in [-0.25, -0.2) is 4.68 Å². The van der Waals surface area contributed by atoms with E-state index in [0.29, 0.717) is 29.9 Å². The van der Waals surface area contributed by atoms with Gasteiger partial charge in [0.25, 0.3) is 5.91 Å². The quantitative estimate of drug-likeness (QED) is 0.821. The van der Waals surface area contributed by atoms with Crippen molar-refractivity contribution in [2.45, 2.75) is 32.2 Å². The summed E-state index contributed by atoms with van der Waals surface area (Å²) >= 11 is 0. The first-order valence-electron chi connectivity index (χ1n) is 8.32. The first-order valence-corrected chi connectivity index (χ1v) is 8.32. The van der Waals surface area contributed by atoms with Crippen LogP contribution < -0.4 is 10.6 Å². The van der Waals surface area contributed by atoms with Gasteiger partial charge in [0.1, 0.15) is 5.82 Å². The molecule has 0 saturated heterocycles. The Balaban J connectivity index is 1.46. The average Bonchev–Trinajstić information content (AvgIpc) is 3.35. The standard InChI is InChI=1S/C18H22N4O2/c1-13(14-7-8-14)22-16(9-12-20-22)21-17(23)10-11-19-18(24)15-5-3-2-4-6-15/h2-6,9,12-14H,7-8,10-11H2,1H3,(H,19,24)(H,21,23). The maximum Gasteiger partial charge on any atom is 0.251 e. The number of hydrogen-bond acceptors (Lipinski definition) is 3. The van der Waals surface area contributed by atoms with Gasteiger partial charge >= 0.3 is 0 Å². The molecule has 0 spiro atoms. The zero-order valence-electron chi connectivity index (χ0n) is 13.7. The van der Waals surface area contributed by atoms with E-state index in [0.717, 1.165) is 0 Å². The Morgan fingerprint density at radius 1 is 1.25 bits per heavy atom. The number of nitrogens with zero attached hydrogens (tertiary/aromatic N) is 2. The minimum Gasteiger partial charge on any atom is -0.352 e. The van der Waals surface area contributed by atoms with Crippen LogP contribution in [-0.4, -0.2) is 28.1 Å². The molecule has 24 heavy (non-hydrogen) atoms. The van der Waals surface area contributed by atoms with Crippen molar-refractivity contribution in [1.82, 2.24) is 15.1 Å². The summed E-state index contributed by atoms with van der Waals surface area (Å²) in [6.45, 7) is 2.42. The number of amides is 2. The molecule has 1 atom stereocenters. The van der Waals surface area contributed by atoms with Gasteiger partial charge in [0.2, 0.25) is 5.91 Å². The highest BCUT2D eigenvalue weighted by atomic mass is 16.2.